The molecule has 0 aromatic rings. The van der Waals surface area contributed by atoms with E-state index in [-0.39, 0.29) is 5.96 Å². The highest BCUT2D eigenvalue weighted by Crippen LogP contribution is 2.01. The summed E-state index contributed by atoms with van der Waals surface area (Å²) >= 11 is 0. The minimum Gasteiger partial charge on any atom is -0.481 e. The highest BCUT2D eigenvalue weighted by atomic mass is 16.4. The number of carboxylic acids is 2. The molecule has 0 heterocycles. The Labute approximate surface area is 123 Å². The number of carbonyl (C=O) groups is 3. The lowest BCUT2D eigenvalue weighted by molar-refractivity contribution is -0.144. The Hall–Kier alpha value is -2.16. The van der Waals surface area contributed by atoms with Gasteiger partial charge in [-0.25, -0.2) is 0 Å². The van der Waals surface area contributed by atoms with E-state index in [1.165, 1.54) is 0 Å². The number of guanidine groups is 1. The number of aldehydes is 1. The minimum atomic E-state index is -1.02. The second-order valence-electron chi connectivity index (χ2n) is 4.26. The molecule has 9 nitrogen and oxygen atoms in total. The topological polar surface area (TPSA) is 182 Å². The van der Waals surface area contributed by atoms with Crippen LogP contribution in [-0.2, 0) is 14.4 Å². The number of nitrogens with zero attached hydrogens (tertiary/aromatic N) is 1. The third-order valence-electron chi connectivity index (χ3n) is 2.37. The van der Waals surface area contributed by atoms with Gasteiger partial charge in [0.15, 0.2) is 5.96 Å². The highest BCUT2D eigenvalue weighted by Gasteiger charge is 2.13. The van der Waals surface area contributed by atoms with E-state index in [2.05, 4.69) is 4.99 Å². The summed E-state index contributed by atoms with van der Waals surface area (Å²) in [6.07, 6.45) is 2.61. The van der Waals surface area contributed by atoms with E-state index in [4.69, 9.17) is 27.4 Å². The fourth-order valence-electron chi connectivity index (χ4n) is 1.20. The molecule has 0 aromatic heterocycles. The minimum absolute atomic E-state index is 0.0129. The lowest BCUT2D eigenvalue weighted by Crippen LogP contribution is -2.30. The first kappa shape index (κ1) is 21.1. The number of carbonyl (C=O) groups excluding carboxylic acids is 1. The van der Waals surface area contributed by atoms with Gasteiger partial charge in [0.25, 0.3) is 0 Å². The number of hydrogen-bond acceptors (Lipinski definition) is 5. The summed E-state index contributed by atoms with van der Waals surface area (Å²) in [5.41, 5.74) is 15.3. The van der Waals surface area contributed by atoms with Crippen molar-refractivity contribution < 1.29 is 24.6 Å². The van der Waals surface area contributed by atoms with E-state index in [1.807, 2.05) is 6.92 Å². The van der Waals surface area contributed by atoms with Gasteiger partial charge in [-0.1, -0.05) is 13.3 Å². The van der Waals surface area contributed by atoms with Crippen LogP contribution in [0.5, 0.6) is 0 Å². The zero-order valence-corrected chi connectivity index (χ0v) is 12.1. The van der Waals surface area contributed by atoms with Gasteiger partial charge in [0.2, 0.25) is 0 Å². The molecule has 0 aliphatic rings. The molecule has 0 aliphatic heterocycles. The van der Waals surface area contributed by atoms with Crippen molar-refractivity contribution in [3.05, 3.63) is 0 Å². The SMILES string of the molecule is CCCC(C=O)C(=O)O.NC(N)=NCCCC(N)C(=O)O. The molecular weight excluding hydrogens is 280 g/mol. The Kier molecular flexibility index (Phi) is 12.9. The van der Waals surface area contributed by atoms with Crippen molar-refractivity contribution >= 4 is 24.2 Å². The second-order valence-corrected chi connectivity index (χ2v) is 4.26. The van der Waals surface area contributed by atoms with Gasteiger partial charge in [0.05, 0.1) is 0 Å². The predicted octanol–water partition coefficient (Wildman–Crippen LogP) is -0.862. The molecule has 0 saturated heterocycles. The van der Waals surface area contributed by atoms with Crippen molar-refractivity contribution in [1.82, 2.24) is 0 Å². The van der Waals surface area contributed by atoms with E-state index in [1.54, 1.807) is 0 Å². The predicted molar refractivity (Wildman–Crippen MR) is 77.6 cm³/mol. The van der Waals surface area contributed by atoms with Crippen LogP contribution in [0.3, 0.4) is 0 Å². The van der Waals surface area contributed by atoms with Crippen LogP contribution in [0.4, 0.5) is 0 Å². The first-order chi connectivity index (χ1) is 9.76. The molecule has 0 saturated carbocycles. The van der Waals surface area contributed by atoms with Crippen LogP contribution in [0.2, 0.25) is 0 Å². The number of aliphatic carboxylic acids is 2. The molecule has 0 bridgehead atoms. The lowest BCUT2D eigenvalue weighted by atomic mass is 10.1. The van der Waals surface area contributed by atoms with Crippen molar-refractivity contribution in [3.8, 4) is 0 Å². The van der Waals surface area contributed by atoms with Crippen molar-refractivity contribution in [3.63, 3.8) is 0 Å². The molecule has 0 fully saturated rings. The van der Waals surface area contributed by atoms with Gasteiger partial charge in [-0.05, 0) is 19.3 Å². The van der Waals surface area contributed by atoms with Crippen LogP contribution in [0, 0.1) is 5.92 Å². The smallest absolute Gasteiger partial charge is 0.320 e. The van der Waals surface area contributed by atoms with Gasteiger partial charge in [-0.3, -0.25) is 14.6 Å². The molecule has 0 rings (SSSR count). The van der Waals surface area contributed by atoms with Crippen LogP contribution in [0.1, 0.15) is 32.6 Å². The van der Waals surface area contributed by atoms with Crippen LogP contribution >= 0.6 is 0 Å². The standard InChI is InChI=1S/C6H14N4O2.C6H10O3/c7-4(5(11)12)2-1-3-10-6(8)9;1-2-3-5(4-7)6(8)9/h4H,1-3,7H2,(H,11,12)(H4,8,9,10);4-5H,2-3H2,1H3,(H,8,9). The molecule has 9 heteroatoms. The Morgan fingerprint density at radius 1 is 1.19 bits per heavy atom. The number of nitrogens with two attached hydrogens (primary N) is 3. The number of rotatable bonds is 9. The molecule has 21 heavy (non-hydrogen) atoms. The normalized spacial score (nSPS) is 12.3. The number of hydrogen-bond donors (Lipinski definition) is 5. The van der Waals surface area contributed by atoms with Gasteiger partial charge >= 0.3 is 11.9 Å². The molecule has 0 radical (unpaired) electrons. The highest BCUT2D eigenvalue weighted by molar-refractivity contribution is 5.86. The molecule has 122 valence electrons. The van der Waals surface area contributed by atoms with Crippen LogP contribution < -0.4 is 17.2 Å². The molecule has 2 atom stereocenters. The van der Waals surface area contributed by atoms with Crippen molar-refractivity contribution in [1.29, 1.82) is 0 Å². The summed E-state index contributed by atoms with van der Waals surface area (Å²) in [6, 6.07) is -0.820. The maximum atomic E-state index is 10.2. The molecule has 0 amide bonds. The summed E-state index contributed by atoms with van der Waals surface area (Å²) < 4.78 is 0. The Morgan fingerprint density at radius 2 is 1.76 bits per heavy atom. The first-order valence-corrected chi connectivity index (χ1v) is 6.48. The number of carboxylic acid groups (broad SMARTS) is 2. The molecule has 8 N–H and O–H groups in total. The number of aliphatic imine (C=N–C) groups is 1. The maximum Gasteiger partial charge on any atom is 0.320 e. The zero-order valence-electron chi connectivity index (χ0n) is 12.1. The lowest BCUT2D eigenvalue weighted by Gasteiger charge is -2.03. The van der Waals surface area contributed by atoms with Gasteiger partial charge < -0.3 is 32.2 Å². The summed E-state index contributed by atoms with van der Waals surface area (Å²) in [5.74, 6) is -2.81. The summed E-state index contributed by atoms with van der Waals surface area (Å²) in [4.78, 5) is 33.9. The van der Waals surface area contributed by atoms with Crippen molar-refractivity contribution in [2.45, 2.75) is 38.6 Å². The molecule has 2 unspecified atom stereocenters. The molecule has 0 spiro atoms. The average molecular weight is 304 g/mol. The van der Waals surface area contributed by atoms with E-state index in [9.17, 15) is 14.4 Å². The summed E-state index contributed by atoms with van der Waals surface area (Å²) in [5, 5.41) is 16.7. The molecule has 0 aromatic carbocycles. The largest absolute Gasteiger partial charge is 0.481 e. The van der Waals surface area contributed by atoms with E-state index >= 15 is 0 Å². The van der Waals surface area contributed by atoms with E-state index in [0.29, 0.717) is 32.1 Å². The van der Waals surface area contributed by atoms with Crippen molar-refractivity contribution in [2.24, 2.45) is 28.1 Å². The first-order valence-electron chi connectivity index (χ1n) is 6.48. The second kappa shape index (κ2) is 12.9. The Balaban J connectivity index is 0. The third-order valence-corrected chi connectivity index (χ3v) is 2.37. The van der Waals surface area contributed by atoms with E-state index < -0.39 is 23.9 Å². The van der Waals surface area contributed by atoms with Gasteiger partial charge in [-0.2, -0.15) is 0 Å². The zero-order chi connectivity index (χ0) is 16.8. The van der Waals surface area contributed by atoms with Crippen molar-refractivity contribution in [2.75, 3.05) is 6.54 Å². The van der Waals surface area contributed by atoms with Crippen LogP contribution in [-0.4, -0.2) is 47.0 Å². The summed E-state index contributed by atoms with van der Waals surface area (Å²) in [6.45, 7) is 2.27. The maximum absolute atomic E-state index is 10.2. The van der Waals surface area contributed by atoms with Crippen LogP contribution in [0.25, 0.3) is 0 Å². The van der Waals surface area contributed by atoms with Crippen LogP contribution in [0.15, 0.2) is 4.99 Å². The Morgan fingerprint density at radius 3 is 2.05 bits per heavy atom. The quantitative estimate of drug-likeness (QED) is 0.120. The Bertz CT molecular complexity index is 356. The van der Waals surface area contributed by atoms with Gasteiger partial charge in [0.1, 0.15) is 18.2 Å². The fourth-order valence-corrected chi connectivity index (χ4v) is 1.20. The van der Waals surface area contributed by atoms with E-state index in [0.717, 1.165) is 6.42 Å². The average Bonchev–Trinajstić information content (AvgIpc) is 2.40. The summed E-state index contributed by atoms with van der Waals surface area (Å²) in [7, 11) is 0. The molecule has 0 aliphatic carbocycles. The molecular formula is C12H24N4O5. The monoisotopic (exact) mass is 304 g/mol. The van der Waals surface area contributed by atoms with Gasteiger partial charge in [0, 0.05) is 6.54 Å². The van der Waals surface area contributed by atoms with Gasteiger partial charge in [-0.15, -0.1) is 0 Å². The fraction of sp³-hybridized carbons (Fsp3) is 0.667. The third kappa shape index (κ3) is 14.1.